The largest absolute Gasteiger partial charge is 0.369 e. The first kappa shape index (κ1) is 39.7. The van der Waals surface area contributed by atoms with Crippen LogP contribution >= 0.6 is 0 Å². The second kappa shape index (κ2) is 16.6. The Kier molecular flexibility index (Phi) is 11.2. The fraction of sp³-hybridized carbons (Fsp3) is 0.390. The van der Waals surface area contributed by atoms with E-state index < -0.39 is 15.6 Å². The molecule has 5 aromatic rings. The van der Waals surface area contributed by atoms with Crippen LogP contribution in [-0.4, -0.2) is 112 Å². The summed E-state index contributed by atoms with van der Waals surface area (Å²) in [4.78, 5) is 53.9. The molecular weight excluding hydrogens is 773 g/mol. The third kappa shape index (κ3) is 8.53. The highest BCUT2D eigenvalue weighted by molar-refractivity contribution is 7.89. The molecule has 3 fully saturated rings. The van der Waals surface area contributed by atoms with E-state index in [1.807, 2.05) is 42.5 Å². The number of aromatic nitrogens is 5. The summed E-state index contributed by atoms with van der Waals surface area (Å²) in [7, 11) is -3.38. The molecule has 8 rings (SSSR count). The first-order valence-electron chi connectivity index (χ1n) is 19.9. The molecule has 4 N–H and O–H groups in total. The average molecular weight is 819 g/mol. The molecular formula is C41H46N12O5S. The number of fused-ring (bicyclic) bond motifs is 1. The van der Waals surface area contributed by atoms with Gasteiger partial charge in [0.1, 0.15) is 11.2 Å². The highest BCUT2D eigenvalue weighted by atomic mass is 32.2. The molecule has 3 amide bonds. The summed E-state index contributed by atoms with van der Waals surface area (Å²) in [6, 6.07) is 19.5. The molecule has 0 radical (unpaired) electrons. The van der Waals surface area contributed by atoms with Gasteiger partial charge in [0.2, 0.25) is 33.7 Å². The topological polar surface area (TPSA) is 214 Å². The van der Waals surface area contributed by atoms with Crippen molar-refractivity contribution in [3.05, 3.63) is 78.8 Å². The molecule has 2 aromatic carbocycles. The lowest BCUT2D eigenvalue weighted by Crippen LogP contribution is -2.64. The maximum atomic E-state index is 12.8. The number of nitrogens with one attached hydrogen (secondary N) is 4. The minimum Gasteiger partial charge on any atom is -0.369 e. The van der Waals surface area contributed by atoms with Crippen molar-refractivity contribution in [2.75, 3.05) is 67.1 Å². The van der Waals surface area contributed by atoms with Gasteiger partial charge in [-0.25, -0.2) is 13.4 Å². The third-order valence-electron chi connectivity index (χ3n) is 11.4. The highest BCUT2D eigenvalue weighted by Gasteiger charge is 2.49. The number of hydrogen-bond donors (Lipinski definition) is 4. The molecule has 6 heterocycles. The van der Waals surface area contributed by atoms with Gasteiger partial charge in [0, 0.05) is 92.5 Å². The van der Waals surface area contributed by atoms with E-state index in [4.69, 9.17) is 4.98 Å². The monoisotopic (exact) mass is 818 g/mol. The molecule has 0 bridgehead atoms. The molecule has 3 aliphatic heterocycles. The zero-order chi connectivity index (χ0) is 41.1. The zero-order valence-corrected chi connectivity index (χ0v) is 33.5. The number of benzene rings is 2. The van der Waals surface area contributed by atoms with Crippen LogP contribution in [0.3, 0.4) is 0 Å². The SMILES string of the molecule is CCS(=O)(=O)N1CC(CC#N)(n2cc(-c3nc(Nc4ccc(NC(=O)CCCN5CCN(c6ccc(C7CCC(=O)NC7=O)cc6)CC5)cc4)nc4[nH]ccc34)cn2)C1. The highest BCUT2D eigenvalue weighted by Crippen LogP contribution is 2.36. The van der Waals surface area contributed by atoms with Gasteiger partial charge >= 0.3 is 0 Å². The Labute approximate surface area is 341 Å². The van der Waals surface area contributed by atoms with Crippen LogP contribution in [0.4, 0.5) is 23.0 Å². The van der Waals surface area contributed by atoms with Crippen molar-refractivity contribution >= 4 is 61.8 Å². The van der Waals surface area contributed by atoms with Crippen LogP contribution < -0.4 is 20.9 Å². The van der Waals surface area contributed by atoms with Crippen molar-refractivity contribution in [2.24, 2.45) is 0 Å². The van der Waals surface area contributed by atoms with Gasteiger partial charge in [0.25, 0.3) is 0 Å². The molecule has 1 unspecified atom stereocenters. The molecule has 0 spiro atoms. The van der Waals surface area contributed by atoms with E-state index in [1.165, 1.54) is 4.31 Å². The smallest absolute Gasteiger partial charge is 0.234 e. The Bertz CT molecular complexity index is 2500. The lowest BCUT2D eigenvalue weighted by Gasteiger charge is -2.47. The quantitative estimate of drug-likeness (QED) is 0.118. The molecule has 3 aliphatic rings. The van der Waals surface area contributed by atoms with Crippen LogP contribution in [0.2, 0.25) is 0 Å². The standard InChI is InChI=1S/C41H46N12O5S/c1-2-59(57,58)52-26-41(27-52,16-17-42)53-25-29(24-44-53)37-34-15-18-43-38(34)49-40(48-37)46-31-9-7-30(8-10-31)45-35(54)4-3-19-50-20-22-51(23-21-50)32-11-5-28(6-12-32)33-13-14-36(55)47-39(33)56/h5-12,15,18,24-25,33H,2-4,13-14,16,19-23,26-27H2,1H3,(H,45,54)(H,47,55,56)(H2,43,46,48,49). The van der Waals surface area contributed by atoms with Crippen LogP contribution in [0.5, 0.6) is 0 Å². The van der Waals surface area contributed by atoms with Crippen molar-refractivity contribution in [2.45, 2.75) is 50.5 Å². The maximum Gasteiger partial charge on any atom is 0.234 e. The molecule has 1 atom stereocenters. The van der Waals surface area contributed by atoms with Gasteiger partial charge in [0.05, 0.1) is 36.1 Å². The number of anilines is 4. The fourth-order valence-electron chi connectivity index (χ4n) is 8.01. The van der Waals surface area contributed by atoms with Crippen molar-refractivity contribution in [1.29, 1.82) is 5.26 Å². The van der Waals surface area contributed by atoms with Gasteiger partial charge in [-0.15, -0.1) is 0 Å². The second-order valence-electron chi connectivity index (χ2n) is 15.3. The molecule has 17 nitrogen and oxygen atoms in total. The number of nitrogens with zero attached hydrogens (tertiary/aromatic N) is 8. The van der Waals surface area contributed by atoms with Crippen LogP contribution in [0, 0.1) is 11.3 Å². The van der Waals surface area contributed by atoms with E-state index in [1.54, 1.807) is 30.2 Å². The molecule has 0 aliphatic carbocycles. The van der Waals surface area contributed by atoms with Crippen molar-refractivity contribution in [3.8, 4) is 17.3 Å². The Balaban J connectivity index is 0.812. The molecule has 0 saturated carbocycles. The van der Waals surface area contributed by atoms with Crippen LogP contribution in [0.1, 0.15) is 50.5 Å². The average Bonchev–Trinajstić information content (AvgIpc) is 3.91. The number of piperidine rings is 1. The van der Waals surface area contributed by atoms with Gasteiger partial charge in [-0.3, -0.25) is 29.3 Å². The summed E-state index contributed by atoms with van der Waals surface area (Å²) in [5.74, 6) is -0.422. The first-order chi connectivity index (χ1) is 28.5. The van der Waals surface area contributed by atoms with Crippen molar-refractivity contribution < 1.29 is 22.8 Å². The summed E-state index contributed by atoms with van der Waals surface area (Å²) in [6.45, 7) is 6.33. The normalized spacial score (nSPS) is 18.6. The molecule has 18 heteroatoms. The molecule has 306 valence electrons. The van der Waals surface area contributed by atoms with E-state index in [0.29, 0.717) is 47.8 Å². The van der Waals surface area contributed by atoms with E-state index in [-0.39, 0.29) is 48.9 Å². The van der Waals surface area contributed by atoms with Gasteiger partial charge in [-0.2, -0.15) is 19.6 Å². The third-order valence-corrected chi connectivity index (χ3v) is 13.2. The number of carbonyl (C=O) groups is 3. The number of nitriles is 1. The first-order valence-corrected chi connectivity index (χ1v) is 21.5. The maximum absolute atomic E-state index is 12.8. The predicted octanol–water partition coefficient (Wildman–Crippen LogP) is 3.90. The number of amides is 3. The van der Waals surface area contributed by atoms with Crippen molar-refractivity contribution in [1.82, 2.24) is 39.3 Å². The Morgan fingerprint density at radius 3 is 2.46 bits per heavy atom. The minimum absolute atomic E-state index is 0.00274. The Morgan fingerprint density at radius 2 is 1.75 bits per heavy atom. The van der Waals surface area contributed by atoms with Crippen molar-refractivity contribution in [3.63, 3.8) is 0 Å². The van der Waals surface area contributed by atoms with Crippen LogP contribution in [0.25, 0.3) is 22.3 Å². The summed E-state index contributed by atoms with van der Waals surface area (Å²) >= 11 is 0. The fourth-order valence-corrected chi connectivity index (χ4v) is 9.25. The number of piperazine rings is 1. The number of rotatable bonds is 14. The molecule has 3 saturated heterocycles. The van der Waals surface area contributed by atoms with E-state index in [2.05, 4.69) is 59.0 Å². The predicted molar refractivity (Wildman–Crippen MR) is 222 cm³/mol. The number of imide groups is 1. The van der Waals surface area contributed by atoms with E-state index >= 15 is 0 Å². The van der Waals surface area contributed by atoms with Crippen LogP contribution in [0.15, 0.2) is 73.2 Å². The molecule has 3 aromatic heterocycles. The Morgan fingerprint density at radius 1 is 1.00 bits per heavy atom. The van der Waals surface area contributed by atoms with Gasteiger partial charge in [-0.1, -0.05) is 12.1 Å². The number of hydrogen-bond acceptors (Lipinski definition) is 12. The summed E-state index contributed by atoms with van der Waals surface area (Å²) in [5, 5.41) is 23.6. The molecule has 59 heavy (non-hydrogen) atoms. The van der Waals surface area contributed by atoms with Gasteiger partial charge in [0.15, 0.2) is 0 Å². The number of aromatic amines is 1. The second-order valence-corrected chi connectivity index (χ2v) is 17.6. The number of H-pyrrole nitrogens is 1. The number of sulfonamides is 1. The van der Waals surface area contributed by atoms with Gasteiger partial charge < -0.3 is 20.5 Å². The van der Waals surface area contributed by atoms with Gasteiger partial charge in [-0.05, 0) is 74.3 Å². The summed E-state index contributed by atoms with van der Waals surface area (Å²) < 4.78 is 27.9. The minimum atomic E-state index is -3.38. The lowest BCUT2D eigenvalue weighted by atomic mass is 9.89. The Hall–Kier alpha value is -6.16. The number of carbonyl (C=O) groups excluding carboxylic acids is 3. The van der Waals surface area contributed by atoms with Crippen LogP contribution in [-0.2, 0) is 29.9 Å². The lowest BCUT2D eigenvalue weighted by molar-refractivity contribution is -0.134. The van der Waals surface area contributed by atoms with E-state index in [0.717, 1.165) is 61.5 Å². The zero-order valence-electron chi connectivity index (χ0n) is 32.7. The summed E-state index contributed by atoms with van der Waals surface area (Å²) in [6.07, 6.45) is 7.41. The summed E-state index contributed by atoms with van der Waals surface area (Å²) in [5.41, 5.74) is 4.63. The van der Waals surface area contributed by atoms with E-state index in [9.17, 15) is 28.1 Å².